The van der Waals surface area contributed by atoms with Crippen molar-refractivity contribution in [3.8, 4) is 0 Å². The van der Waals surface area contributed by atoms with E-state index in [2.05, 4.69) is 5.32 Å². The Kier molecular flexibility index (Phi) is 3.09. The molecule has 5 heteroatoms. The van der Waals surface area contributed by atoms with Crippen molar-refractivity contribution in [1.29, 1.82) is 0 Å². The molecule has 2 saturated heterocycles. The second-order valence-corrected chi connectivity index (χ2v) is 5.39. The van der Waals surface area contributed by atoms with Gasteiger partial charge < -0.3 is 5.32 Å². The highest BCUT2D eigenvalue weighted by Gasteiger charge is 2.38. The van der Waals surface area contributed by atoms with Crippen LogP contribution in [0.3, 0.4) is 0 Å². The Labute approximate surface area is 109 Å². The van der Waals surface area contributed by atoms with Gasteiger partial charge in [-0.05, 0) is 37.8 Å². The molecule has 2 unspecified atom stereocenters. The maximum Gasteiger partial charge on any atom is 0.172 e. The number of carbonyl (C=O) groups is 1. The first-order chi connectivity index (χ1) is 9.06. The van der Waals surface area contributed by atoms with E-state index in [1.165, 1.54) is 0 Å². The van der Waals surface area contributed by atoms with Crippen molar-refractivity contribution in [2.45, 2.75) is 37.8 Å². The molecule has 3 rings (SSSR count). The second kappa shape index (κ2) is 4.63. The van der Waals surface area contributed by atoms with Crippen molar-refractivity contribution < 1.29 is 18.0 Å². The maximum absolute atomic E-state index is 13.6. The van der Waals surface area contributed by atoms with Crippen LogP contribution < -0.4 is 5.32 Å². The lowest BCUT2D eigenvalue weighted by Crippen LogP contribution is -2.40. The fraction of sp³-hybridized carbons (Fsp3) is 0.500. The normalized spacial score (nSPS) is 29.5. The molecule has 2 aliphatic rings. The Morgan fingerprint density at radius 1 is 1.05 bits per heavy atom. The molecule has 2 atom stereocenters. The van der Waals surface area contributed by atoms with E-state index in [0.717, 1.165) is 18.9 Å². The van der Waals surface area contributed by atoms with Crippen molar-refractivity contribution in [2.75, 3.05) is 0 Å². The summed E-state index contributed by atoms with van der Waals surface area (Å²) in [4.78, 5) is 12.2. The molecule has 0 radical (unpaired) electrons. The van der Waals surface area contributed by atoms with Crippen LogP contribution in [0.4, 0.5) is 13.2 Å². The first kappa shape index (κ1) is 12.7. The summed E-state index contributed by atoms with van der Waals surface area (Å²) in [5, 5.41) is 3.35. The summed E-state index contributed by atoms with van der Waals surface area (Å²) in [6.45, 7) is 0. The van der Waals surface area contributed by atoms with Gasteiger partial charge in [-0.2, -0.15) is 0 Å². The Morgan fingerprint density at radius 2 is 1.63 bits per heavy atom. The zero-order chi connectivity index (χ0) is 13.6. The molecule has 0 amide bonds. The van der Waals surface area contributed by atoms with Gasteiger partial charge in [-0.25, -0.2) is 13.2 Å². The number of benzene rings is 1. The van der Waals surface area contributed by atoms with Gasteiger partial charge in [0.1, 0.15) is 5.82 Å². The summed E-state index contributed by atoms with van der Waals surface area (Å²) in [5.41, 5.74) is -0.716. The highest BCUT2D eigenvalue weighted by atomic mass is 19.2. The molecule has 2 nitrogen and oxygen atoms in total. The number of hydrogen-bond donors (Lipinski definition) is 1. The molecular weight excluding hydrogens is 255 g/mol. The molecule has 2 fully saturated rings. The van der Waals surface area contributed by atoms with E-state index in [1.54, 1.807) is 0 Å². The summed E-state index contributed by atoms with van der Waals surface area (Å²) < 4.78 is 40.4. The maximum atomic E-state index is 13.6. The van der Waals surface area contributed by atoms with E-state index in [9.17, 15) is 18.0 Å². The third-order valence-electron chi connectivity index (χ3n) is 4.13. The predicted molar refractivity (Wildman–Crippen MR) is 63.3 cm³/mol. The molecule has 0 saturated carbocycles. The number of ketones is 1. The quantitative estimate of drug-likeness (QED) is 0.660. The number of halogens is 3. The number of rotatable bonds is 2. The minimum atomic E-state index is -1.36. The fourth-order valence-corrected chi connectivity index (χ4v) is 3.23. The number of nitrogens with one attached hydrogen (secondary N) is 1. The van der Waals surface area contributed by atoms with E-state index >= 15 is 0 Å². The molecule has 1 N–H and O–H groups in total. The topological polar surface area (TPSA) is 29.1 Å². The molecule has 2 aliphatic heterocycles. The second-order valence-electron chi connectivity index (χ2n) is 5.39. The van der Waals surface area contributed by atoms with Crippen molar-refractivity contribution in [3.05, 3.63) is 35.1 Å². The number of piperidine rings is 1. The molecule has 0 aliphatic carbocycles. The lowest BCUT2D eigenvalue weighted by Gasteiger charge is -2.28. The van der Waals surface area contributed by atoms with Crippen molar-refractivity contribution in [2.24, 2.45) is 5.92 Å². The van der Waals surface area contributed by atoms with Gasteiger partial charge >= 0.3 is 0 Å². The summed E-state index contributed by atoms with van der Waals surface area (Å²) in [7, 11) is 0. The van der Waals surface area contributed by atoms with E-state index in [0.29, 0.717) is 18.9 Å². The first-order valence-electron chi connectivity index (χ1n) is 6.50. The van der Waals surface area contributed by atoms with Crippen molar-refractivity contribution in [3.63, 3.8) is 0 Å². The minimum absolute atomic E-state index is 0.243. The van der Waals surface area contributed by atoms with Gasteiger partial charge in [0.2, 0.25) is 0 Å². The van der Waals surface area contributed by atoms with Crippen LogP contribution in [0.15, 0.2) is 12.1 Å². The summed E-state index contributed by atoms with van der Waals surface area (Å²) in [6.07, 6.45) is 3.13. The molecule has 1 aromatic carbocycles. The molecule has 102 valence electrons. The lowest BCUT2D eigenvalue weighted by atomic mass is 9.85. The minimum Gasteiger partial charge on any atom is -0.311 e. The molecular formula is C14H14F3NO. The molecule has 2 heterocycles. The SMILES string of the molecule is O=C(c1c(F)ccc(F)c1F)C1CC2CCC(C1)N2. The zero-order valence-corrected chi connectivity index (χ0v) is 10.3. The highest BCUT2D eigenvalue weighted by molar-refractivity contribution is 5.98. The van der Waals surface area contributed by atoms with Crippen molar-refractivity contribution >= 4 is 5.78 Å². The number of hydrogen-bond acceptors (Lipinski definition) is 2. The van der Waals surface area contributed by atoms with E-state index in [1.807, 2.05) is 0 Å². The van der Waals surface area contributed by atoms with Gasteiger partial charge in [0.05, 0.1) is 5.56 Å². The summed E-state index contributed by atoms with van der Waals surface area (Å²) >= 11 is 0. The predicted octanol–water partition coefficient (Wildman–Crippen LogP) is 2.82. The van der Waals surface area contributed by atoms with E-state index < -0.39 is 34.7 Å². The Hall–Kier alpha value is -1.36. The summed E-state index contributed by atoms with van der Waals surface area (Å²) in [6, 6.07) is 1.99. The van der Waals surface area contributed by atoms with E-state index in [-0.39, 0.29) is 12.1 Å². The molecule has 0 aromatic heterocycles. The van der Waals surface area contributed by atoms with Crippen LogP contribution in [0.5, 0.6) is 0 Å². The third kappa shape index (κ3) is 2.16. The number of carbonyl (C=O) groups excluding carboxylic acids is 1. The van der Waals surface area contributed by atoms with Crippen LogP contribution >= 0.6 is 0 Å². The smallest absolute Gasteiger partial charge is 0.172 e. The van der Waals surface area contributed by atoms with Crippen LogP contribution in [0.1, 0.15) is 36.0 Å². The van der Waals surface area contributed by atoms with Gasteiger partial charge in [-0.3, -0.25) is 4.79 Å². The van der Waals surface area contributed by atoms with Crippen LogP contribution in [0.25, 0.3) is 0 Å². The summed E-state index contributed by atoms with van der Waals surface area (Å²) in [5.74, 6) is -4.54. The van der Waals surface area contributed by atoms with E-state index in [4.69, 9.17) is 0 Å². The molecule has 19 heavy (non-hydrogen) atoms. The number of fused-ring (bicyclic) bond motifs is 2. The molecule has 0 spiro atoms. The highest BCUT2D eigenvalue weighted by Crippen LogP contribution is 2.34. The van der Waals surface area contributed by atoms with Gasteiger partial charge in [0.15, 0.2) is 17.4 Å². The molecule has 1 aromatic rings. The monoisotopic (exact) mass is 269 g/mol. The standard InChI is InChI=1S/C14H14F3NO/c15-10-3-4-11(16)13(17)12(10)14(19)7-5-8-1-2-9(6-7)18-8/h3-4,7-9,18H,1-2,5-6H2. The average Bonchev–Trinajstić information content (AvgIpc) is 2.73. The van der Waals surface area contributed by atoms with Gasteiger partial charge in [0.25, 0.3) is 0 Å². The average molecular weight is 269 g/mol. The first-order valence-corrected chi connectivity index (χ1v) is 6.50. The van der Waals surface area contributed by atoms with Crippen molar-refractivity contribution in [1.82, 2.24) is 5.32 Å². The van der Waals surface area contributed by atoms with Gasteiger partial charge in [0, 0.05) is 18.0 Å². The molecule has 2 bridgehead atoms. The largest absolute Gasteiger partial charge is 0.311 e. The van der Waals surface area contributed by atoms with Crippen LogP contribution in [0, 0.1) is 23.4 Å². The number of Topliss-reactive ketones (excluding diaryl/α,β-unsaturated/α-hetero) is 1. The Balaban J connectivity index is 1.90. The third-order valence-corrected chi connectivity index (χ3v) is 4.13. The van der Waals surface area contributed by atoms with Crippen LogP contribution in [0.2, 0.25) is 0 Å². The fourth-order valence-electron chi connectivity index (χ4n) is 3.23. The van der Waals surface area contributed by atoms with Gasteiger partial charge in [-0.1, -0.05) is 0 Å². The Morgan fingerprint density at radius 3 is 2.26 bits per heavy atom. The van der Waals surface area contributed by atoms with Crippen LogP contribution in [-0.4, -0.2) is 17.9 Å². The van der Waals surface area contributed by atoms with Gasteiger partial charge in [-0.15, -0.1) is 0 Å². The zero-order valence-electron chi connectivity index (χ0n) is 10.3. The lowest BCUT2D eigenvalue weighted by molar-refractivity contribution is 0.0865. The van der Waals surface area contributed by atoms with Crippen LogP contribution in [-0.2, 0) is 0 Å². The Bertz CT molecular complexity index is 520.